The Morgan fingerprint density at radius 3 is 2.60 bits per heavy atom. The Balaban J connectivity index is 1.96. The second-order valence-electron chi connectivity index (χ2n) is 5.33. The van der Waals surface area contributed by atoms with Crippen LogP contribution in [-0.4, -0.2) is 29.1 Å². The van der Waals surface area contributed by atoms with Crippen LogP contribution in [-0.2, 0) is 22.6 Å². The van der Waals surface area contributed by atoms with Gasteiger partial charge in [-0.3, -0.25) is 9.59 Å². The fraction of sp³-hybridized carbons (Fsp3) is 0.467. The zero-order valence-electron chi connectivity index (χ0n) is 11.7. The largest absolute Gasteiger partial charge is 0.481 e. The molecule has 0 bridgehead atoms. The lowest BCUT2D eigenvalue weighted by atomic mass is 9.95. The van der Waals surface area contributed by atoms with Gasteiger partial charge in [0.2, 0.25) is 5.91 Å². The normalized spacial score (nSPS) is 20.6. The number of carboxylic acid groups (broad SMARTS) is 1. The highest BCUT2D eigenvalue weighted by atomic mass is 16.4. The number of fused-ring (bicyclic) bond motifs is 1. The molecule has 0 aliphatic carbocycles. The van der Waals surface area contributed by atoms with E-state index in [4.69, 9.17) is 5.11 Å². The van der Waals surface area contributed by atoms with Gasteiger partial charge in [-0.15, -0.1) is 0 Å². The lowest BCUT2D eigenvalue weighted by molar-refractivity contribution is -0.142. The molecule has 5 nitrogen and oxygen atoms in total. The number of amides is 1. The van der Waals surface area contributed by atoms with Crippen LogP contribution >= 0.6 is 0 Å². The molecule has 3 N–H and O–H groups in total. The summed E-state index contributed by atoms with van der Waals surface area (Å²) in [6, 6.07) is 7.34. The summed E-state index contributed by atoms with van der Waals surface area (Å²) in [5, 5.41) is 14.9. The molecule has 3 atom stereocenters. The topological polar surface area (TPSA) is 78.4 Å². The maximum Gasteiger partial charge on any atom is 0.308 e. The van der Waals surface area contributed by atoms with Crippen molar-refractivity contribution < 1.29 is 14.7 Å². The van der Waals surface area contributed by atoms with Gasteiger partial charge in [-0.25, -0.2) is 0 Å². The average molecular weight is 276 g/mol. The van der Waals surface area contributed by atoms with E-state index in [0.29, 0.717) is 13.0 Å². The summed E-state index contributed by atoms with van der Waals surface area (Å²) in [6.45, 7) is 3.97. The van der Waals surface area contributed by atoms with Crippen LogP contribution in [0.1, 0.15) is 25.0 Å². The first kappa shape index (κ1) is 14.5. The fourth-order valence-corrected chi connectivity index (χ4v) is 2.30. The van der Waals surface area contributed by atoms with E-state index in [9.17, 15) is 9.59 Å². The van der Waals surface area contributed by atoms with Crippen molar-refractivity contribution in [1.82, 2.24) is 10.6 Å². The number of carboxylic acids is 1. The molecule has 0 saturated carbocycles. The van der Waals surface area contributed by atoms with Crippen molar-refractivity contribution in [2.45, 2.75) is 38.9 Å². The molecule has 108 valence electrons. The predicted molar refractivity (Wildman–Crippen MR) is 75.2 cm³/mol. The van der Waals surface area contributed by atoms with Crippen molar-refractivity contribution in [3.05, 3.63) is 35.4 Å². The fourth-order valence-electron chi connectivity index (χ4n) is 2.30. The Kier molecular flexibility index (Phi) is 4.39. The number of rotatable bonds is 4. The van der Waals surface area contributed by atoms with E-state index in [1.165, 1.54) is 11.1 Å². The molecular formula is C15H20N2O3. The molecule has 0 aromatic heterocycles. The Morgan fingerprint density at radius 2 is 1.95 bits per heavy atom. The summed E-state index contributed by atoms with van der Waals surface area (Å²) in [4.78, 5) is 23.1. The lowest BCUT2D eigenvalue weighted by Gasteiger charge is -2.27. The van der Waals surface area contributed by atoms with Crippen LogP contribution < -0.4 is 10.6 Å². The summed E-state index contributed by atoms with van der Waals surface area (Å²) in [5.41, 5.74) is 2.38. The number of nitrogens with one attached hydrogen (secondary N) is 2. The monoisotopic (exact) mass is 276 g/mol. The molecule has 2 rings (SSSR count). The molecule has 1 aliphatic rings. The molecule has 5 heteroatoms. The van der Waals surface area contributed by atoms with Crippen molar-refractivity contribution in [2.24, 2.45) is 5.92 Å². The number of hydrogen-bond donors (Lipinski definition) is 3. The maximum absolute atomic E-state index is 12.2. The Bertz CT molecular complexity index is 516. The quantitative estimate of drug-likeness (QED) is 0.764. The van der Waals surface area contributed by atoms with Gasteiger partial charge < -0.3 is 15.7 Å². The highest BCUT2D eigenvalue weighted by Gasteiger charge is 2.27. The summed E-state index contributed by atoms with van der Waals surface area (Å²) in [6.07, 6.45) is 0.635. The number of benzene rings is 1. The van der Waals surface area contributed by atoms with Gasteiger partial charge in [0.05, 0.1) is 12.0 Å². The van der Waals surface area contributed by atoms with Crippen LogP contribution in [0.3, 0.4) is 0 Å². The van der Waals surface area contributed by atoms with Gasteiger partial charge in [0.25, 0.3) is 0 Å². The zero-order chi connectivity index (χ0) is 14.7. The summed E-state index contributed by atoms with van der Waals surface area (Å²) in [5.74, 6) is -1.64. The molecule has 0 saturated heterocycles. The smallest absolute Gasteiger partial charge is 0.308 e. The first-order chi connectivity index (χ1) is 9.49. The van der Waals surface area contributed by atoms with E-state index in [0.717, 1.165) is 0 Å². The molecule has 20 heavy (non-hydrogen) atoms. The molecule has 1 aromatic rings. The van der Waals surface area contributed by atoms with Crippen molar-refractivity contribution >= 4 is 11.9 Å². The van der Waals surface area contributed by atoms with Crippen molar-refractivity contribution in [2.75, 3.05) is 0 Å². The van der Waals surface area contributed by atoms with Crippen LogP contribution in [0.2, 0.25) is 0 Å². The van der Waals surface area contributed by atoms with Crippen molar-refractivity contribution in [3.63, 3.8) is 0 Å². The number of carbonyl (C=O) groups excluding carboxylic acids is 1. The second-order valence-corrected chi connectivity index (χ2v) is 5.33. The summed E-state index contributed by atoms with van der Waals surface area (Å²) >= 11 is 0. The second kappa shape index (κ2) is 6.05. The van der Waals surface area contributed by atoms with E-state index in [-0.39, 0.29) is 18.0 Å². The lowest BCUT2D eigenvalue weighted by Crippen LogP contribution is -2.51. The van der Waals surface area contributed by atoms with E-state index >= 15 is 0 Å². The maximum atomic E-state index is 12.2. The van der Waals surface area contributed by atoms with Gasteiger partial charge in [-0.2, -0.15) is 0 Å². The molecule has 1 heterocycles. The van der Waals surface area contributed by atoms with Gasteiger partial charge in [-0.05, 0) is 31.4 Å². The molecule has 1 aliphatic heterocycles. The third-order valence-corrected chi connectivity index (χ3v) is 3.91. The predicted octanol–water partition coefficient (Wildman–Crippen LogP) is 0.926. The third-order valence-electron chi connectivity index (χ3n) is 3.91. The first-order valence-corrected chi connectivity index (χ1v) is 6.82. The highest BCUT2D eigenvalue weighted by Crippen LogP contribution is 2.16. The van der Waals surface area contributed by atoms with E-state index in [1.807, 2.05) is 24.3 Å². The van der Waals surface area contributed by atoms with Crippen LogP contribution in [0.25, 0.3) is 0 Å². The third kappa shape index (κ3) is 3.17. The highest BCUT2D eigenvalue weighted by molar-refractivity contribution is 5.83. The zero-order valence-corrected chi connectivity index (χ0v) is 11.7. The minimum atomic E-state index is -0.903. The van der Waals surface area contributed by atoms with Gasteiger partial charge in [-0.1, -0.05) is 24.3 Å². The summed E-state index contributed by atoms with van der Waals surface area (Å²) < 4.78 is 0. The average Bonchev–Trinajstić information content (AvgIpc) is 2.45. The molecule has 0 fully saturated rings. The summed E-state index contributed by atoms with van der Waals surface area (Å²) in [7, 11) is 0. The minimum absolute atomic E-state index is 0.139. The SMILES string of the molecule is CC(NC(=O)[C@@H]1Cc2ccccc2CN1)C(C)C(=O)O. The molecule has 0 spiro atoms. The van der Waals surface area contributed by atoms with E-state index < -0.39 is 11.9 Å². The Morgan fingerprint density at radius 1 is 1.30 bits per heavy atom. The molecule has 0 radical (unpaired) electrons. The van der Waals surface area contributed by atoms with Gasteiger partial charge in [0, 0.05) is 12.6 Å². The van der Waals surface area contributed by atoms with Gasteiger partial charge in [0.1, 0.15) is 0 Å². The standard InChI is InChI=1S/C15H20N2O3/c1-9(15(19)20)10(2)17-14(18)13-7-11-5-3-4-6-12(11)8-16-13/h3-6,9-10,13,16H,7-8H2,1-2H3,(H,17,18)(H,19,20)/t9?,10?,13-/m0/s1. The van der Waals surface area contributed by atoms with Crippen molar-refractivity contribution in [1.29, 1.82) is 0 Å². The Hall–Kier alpha value is -1.88. The molecular weight excluding hydrogens is 256 g/mol. The van der Waals surface area contributed by atoms with Crippen molar-refractivity contribution in [3.8, 4) is 0 Å². The van der Waals surface area contributed by atoms with Crippen LogP contribution in [0.4, 0.5) is 0 Å². The first-order valence-electron chi connectivity index (χ1n) is 6.82. The van der Waals surface area contributed by atoms with Gasteiger partial charge in [0.15, 0.2) is 0 Å². The molecule has 2 unspecified atom stereocenters. The number of hydrogen-bond acceptors (Lipinski definition) is 3. The number of aliphatic carboxylic acids is 1. The minimum Gasteiger partial charge on any atom is -0.481 e. The van der Waals surface area contributed by atoms with E-state index in [1.54, 1.807) is 13.8 Å². The molecule has 1 amide bonds. The Labute approximate surface area is 118 Å². The molecule has 1 aromatic carbocycles. The van der Waals surface area contributed by atoms with Gasteiger partial charge >= 0.3 is 5.97 Å². The van der Waals surface area contributed by atoms with Crippen LogP contribution in [0.5, 0.6) is 0 Å². The van der Waals surface area contributed by atoms with Crippen LogP contribution in [0.15, 0.2) is 24.3 Å². The van der Waals surface area contributed by atoms with E-state index in [2.05, 4.69) is 10.6 Å². The van der Waals surface area contributed by atoms with Crippen LogP contribution in [0, 0.1) is 5.92 Å². The number of carbonyl (C=O) groups is 2.